The zero-order chi connectivity index (χ0) is 15.9. The van der Waals surface area contributed by atoms with E-state index in [2.05, 4.69) is 15.9 Å². The lowest BCUT2D eigenvalue weighted by Gasteiger charge is -2.18. The van der Waals surface area contributed by atoms with Gasteiger partial charge in [-0.1, -0.05) is 34.1 Å². The number of hydrogen-bond acceptors (Lipinski definition) is 3. The molecule has 0 unspecified atom stereocenters. The Labute approximate surface area is 138 Å². The number of carbonyl (C=O) groups is 1. The van der Waals surface area contributed by atoms with Crippen LogP contribution in [0.4, 0.5) is 0 Å². The molecule has 0 aliphatic heterocycles. The summed E-state index contributed by atoms with van der Waals surface area (Å²) < 4.78 is 11.6. The number of halogens is 1. The first-order chi connectivity index (χ1) is 10.6. The van der Waals surface area contributed by atoms with Crippen LogP contribution in [0.1, 0.15) is 5.56 Å². The summed E-state index contributed by atoms with van der Waals surface area (Å²) in [6, 6.07) is 15.1. The fourth-order valence-corrected chi connectivity index (χ4v) is 2.32. The highest BCUT2D eigenvalue weighted by Gasteiger charge is 2.10. The first-order valence-electron chi connectivity index (χ1n) is 6.84. The first kappa shape index (κ1) is 16.4. The van der Waals surface area contributed by atoms with Crippen LogP contribution in [0.15, 0.2) is 53.0 Å². The Kier molecular flexibility index (Phi) is 5.83. The van der Waals surface area contributed by atoms with Crippen molar-refractivity contribution in [3.8, 4) is 11.5 Å². The number of hydrogen-bond donors (Lipinski definition) is 0. The van der Waals surface area contributed by atoms with Gasteiger partial charge in [-0.15, -0.1) is 0 Å². The number of ether oxygens (including phenoxy) is 2. The zero-order valence-corrected chi connectivity index (χ0v) is 14.2. The van der Waals surface area contributed by atoms with E-state index in [4.69, 9.17) is 9.47 Å². The third-order valence-electron chi connectivity index (χ3n) is 3.14. The van der Waals surface area contributed by atoms with Crippen molar-refractivity contribution >= 4 is 21.8 Å². The molecule has 0 atom stereocenters. The number of likely N-dealkylation sites (N-methyl/N-ethyl adjacent to an activating group) is 1. The van der Waals surface area contributed by atoms with Gasteiger partial charge in [-0.2, -0.15) is 0 Å². The Morgan fingerprint density at radius 1 is 1.14 bits per heavy atom. The molecule has 1 amide bonds. The summed E-state index contributed by atoms with van der Waals surface area (Å²) in [6.07, 6.45) is 0. The van der Waals surface area contributed by atoms with Crippen LogP contribution in [-0.2, 0) is 11.3 Å². The molecule has 0 spiro atoms. The fraction of sp³-hybridized carbons (Fsp3) is 0.235. The molecule has 2 aromatic rings. The highest BCUT2D eigenvalue weighted by Crippen LogP contribution is 2.18. The van der Waals surface area contributed by atoms with Gasteiger partial charge in [0.05, 0.1) is 7.11 Å². The molecule has 0 bridgehead atoms. The minimum atomic E-state index is -0.0807. The second kappa shape index (κ2) is 7.84. The highest BCUT2D eigenvalue weighted by atomic mass is 79.9. The zero-order valence-electron chi connectivity index (χ0n) is 12.6. The summed E-state index contributed by atoms with van der Waals surface area (Å²) in [4.78, 5) is 13.7. The average Bonchev–Trinajstić information content (AvgIpc) is 2.52. The summed E-state index contributed by atoms with van der Waals surface area (Å²) in [6.45, 7) is 0.523. The number of nitrogens with zero attached hydrogens (tertiary/aromatic N) is 1. The molecule has 0 saturated carbocycles. The van der Waals surface area contributed by atoms with Crippen molar-refractivity contribution in [1.29, 1.82) is 0 Å². The molecule has 0 aromatic heterocycles. The molecule has 0 saturated heterocycles. The molecule has 2 rings (SSSR count). The second-order valence-electron chi connectivity index (χ2n) is 4.85. The summed E-state index contributed by atoms with van der Waals surface area (Å²) in [7, 11) is 3.38. The molecule has 0 fully saturated rings. The molecule has 4 nitrogen and oxygen atoms in total. The van der Waals surface area contributed by atoms with Crippen molar-refractivity contribution in [3.05, 3.63) is 58.6 Å². The van der Waals surface area contributed by atoms with Gasteiger partial charge in [-0.05, 0) is 35.9 Å². The molecule has 22 heavy (non-hydrogen) atoms. The fourth-order valence-electron chi connectivity index (χ4n) is 1.94. The van der Waals surface area contributed by atoms with Crippen molar-refractivity contribution in [2.24, 2.45) is 0 Å². The van der Waals surface area contributed by atoms with Gasteiger partial charge in [-0.3, -0.25) is 4.79 Å². The predicted molar refractivity (Wildman–Crippen MR) is 89.1 cm³/mol. The van der Waals surface area contributed by atoms with Crippen molar-refractivity contribution in [2.45, 2.75) is 6.54 Å². The maximum atomic E-state index is 12.1. The summed E-state index contributed by atoms with van der Waals surface area (Å²) in [5.41, 5.74) is 1.01. The molecule has 0 radical (unpaired) electrons. The van der Waals surface area contributed by atoms with E-state index in [-0.39, 0.29) is 12.5 Å². The monoisotopic (exact) mass is 363 g/mol. The molecule has 0 aliphatic carbocycles. The normalized spacial score (nSPS) is 10.1. The first-order valence-corrected chi connectivity index (χ1v) is 7.63. The Bertz CT molecular complexity index is 645. The SMILES string of the molecule is COc1cccc(CN(C)C(=O)COc2cccc(Br)c2)c1. The van der Waals surface area contributed by atoms with Gasteiger partial charge in [0.15, 0.2) is 6.61 Å². The lowest BCUT2D eigenvalue weighted by Crippen LogP contribution is -2.30. The van der Waals surface area contributed by atoms with E-state index in [0.717, 1.165) is 15.8 Å². The van der Waals surface area contributed by atoms with E-state index in [1.165, 1.54) is 0 Å². The number of benzene rings is 2. The maximum absolute atomic E-state index is 12.1. The van der Waals surface area contributed by atoms with Crippen molar-refractivity contribution in [2.75, 3.05) is 20.8 Å². The van der Waals surface area contributed by atoms with Crippen LogP contribution in [0.25, 0.3) is 0 Å². The Hall–Kier alpha value is -2.01. The molecule has 5 heteroatoms. The third kappa shape index (κ3) is 4.77. The Balaban J connectivity index is 1.89. The number of rotatable bonds is 6. The average molecular weight is 364 g/mol. The largest absolute Gasteiger partial charge is 0.497 e. The van der Waals surface area contributed by atoms with Crippen LogP contribution >= 0.6 is 15.9 Å². The van der Waals surface area contributed by atoms with Crippen LogP contribution in [-0.4, -0.2) is 31.6 Å². The van der Waals surface area contributed by atoms with E-state index in [9.17, 15) is 4.79 Å². The van der Waals surface area contributed by atoms with E-state index in [1.54, 1.807) is 19.1 Å². The van der Waals surface area contributed by atoms with E-state index in [1.807, 2.05) is 48.5 Å². The van der Waals surface area contributed by atoms with Crippen LogP contribution in [0.2, 0.25) is 0 Å². The van der Waals surface area contributed by atoms with Crippen LogP contribution in [0, 0.1) is 0 Å². The van der Waals surface area contributed by atoms with Gasteiger partial charge in [-0.25, -0.2) is 0 Å². The lowest BCUT2D eigenvalue weighted by atomic mass is 10.2. The standard InChI is InChI=1S/C17H18BrNO3/c1-19(11-13-5-3-7-15(9-13)21-2)17(20)12-22-16-8-4-6-14(18)10-16/h3-10H,11-12H2,1-2H3. The Morgan fingerprint density at radius 3 is 2.59 bits per heavy atom. The van der Waals surface area contributed by atoms with Crippen molar-refractivity contribution in [1.82, 2.24) is 4.90 Å². The quantitative estimate of drug-likeness (QED) is 0.788. The smallest absolute Gasteiger partial charge is 0.260 e. The molecule has 0 aliphatic rings. The van der Waals surface area contributed by atoms with E-state index >= 15 is 0 Å². The predicted octanol–water partition coefficient (Wildman–Crippen LogP) is 3.50. The van der Waals surface area contributed by atoms with Gasteiger partial charge >= 0.3 is 0 Å². The van der Waals surface area contributed by atoms with Crippen LogP contribution in [0.3, 0.4) is 0 Å². The summed E-state index contributed by atoms with van der Waals surface area (Å²) >= 11 is 3.37. The summed E-state index contributed by atoms with van der Waals surface area (Å²) in [5, 5.41) is 0. The number of amides is 1. The highest BCUT2D eigenvalue weighted by molar-refractivity contribution is 9.10. The van der Waals surface area contributed by atoms with E-state index in [0.29, 0.717) is 12.3 Å². The van der Waals surface area contributed by atoms with Crippen molar-refractivity contribution < 1.29 is 14.3 Å². The minimum Gasteiger partial charge on any atom is -0.497 e. The molecule has 0 N–H and O–H groups in total. The van der Waals surface area contributed by atoms with Crippen LogP contribution in [0.5, 0.6) is 11.5 Å². The third-order valence-corrected chi connectivity index (χ3v) is 3.63. The lowest BCUT2D eigenvalue weighted by molar-refractivity contribution is -0.132. The van der Waals surface area contributed by atoms with Crippen LogP contribution < -0.4 is 9.47 Å². The topological polar surface area (TPSA) is 38.8 Å². The molecular formula is C17H18BrNO3. The molecule has 2 aromatic carbocycles. The number of carbonyl (C=O) groups excluding carboxylic acids is 1. The second-order valence-corrected chi connectivity index (χ2v) is 5.76. The Morgan fingerprint density at radius 2 is 1.86 bits per heavy atom. The number of methoxy groups -OCH3 is 1. The molecular weight excluding hydrogens is 346 g/mol. The molecule has 0 heterocycles. The van der Waals surface area contributed by atoms with Gasteiger partial charge in [0.1, 0.15) is 11.5 Å². The van der Waals surface area contributed by atoms with Gasteiger partial charge in [0.25, 0.3) is 5.91 Å². The van der Waals surface area contributed by atoms with Gasteiger partial charge in [0, 0.05) is 18.1 Å². The summed E-state index contributed by atoms with van der Waals surface area (Å²) in [5.74, 6) is 1.36. The van der Waals surface area contributed by atoms with Crippen molar-refractivity contribution in [3.63, 3.8) is 0 Å². The molecule has 116 valence electrons. The van der Waals surface area contributed by atoms with Gasteiger partial charge in [0.2, 0.25) is 0 Å². The minimum absolute atomic E-state index is 0.0108. The van der Waals surface area contributed by atoms with Gasteiger partial charge < -0.3 is 14.4 Å². The van der Waals surface area contributed by atoms with E-state index < -0.39 is 0 Å². The maximum Gasteiger partial charge on any atom is 0.260 e.